The molecular weight excluding hydrogens is 367 g/mol. The molecule has 2 aliphatic rings. The van der Waals surface area contributed by atoms with Crippen LogP contribution in [0.25, 0.3) is 0 Å². The van der Waals surface area contributed by atoms with E-state index in [9.17, 15) is 9.18 Å². The molecule has 0 radical (unpaired) electrons. The van der Waals surface area contributed by atoms with Crippen LogP contribution in [-0.2, 0) is 22.5 Å². The van der Waals surface area contributed by atoms with Crippen molar-refractivity contribution in [1.29, 1.82) is 0 Å². The first kappa shape index (κ1) is 20.0. The minimum atomic E-state index is -0.346. The van der Waals surface area contributed by atoms with Gasteiger partial charge in [-0.15, -0.1) is 0 Å². The number of nitrogens with zero attached hydrogens (tertiary/aromatic N) is 2. The van der Waals surface area contributed by atoms with Crippen LogP contribution in [0.15, 0.2) is 48.5 Å². The van der Waals surface area contributed by atoms with Crippen molar-refractivity contribution in [3.63, 3.8) is 0 Å². The monoisotopic (exact) mass is 396 g/mol. The van der Waals surface area contributed by atoms with Crippen LogP contribution in [0.4, 0.5) is 10.1 Å². The number of morpholine rings is 1. The minimum Gasteiger partial charge on any atom is -0.363 e. The van der Waals surface area contributed by atoms with Crippen molar-refractivity contribution in [3.05, 3.63) is 65.5 Å². The number of carbonyl (C=O) groups excluding carboxylic acids is 1. The van der Waals surface area contributed by atoms with E-state index in [1.807, 2.05) is 0 Å². The van der Waals surface area contributed by atoms with Crippen molar-refractivity contribution >= 4 is 11.6 Å². The highest BCUT2D eigenvalue weighted by Gasteiger charge is 2.41. The fourth-order valence-corrected chi connectivity index (χ4v) is 4.42. The normalized spacial score (nSPS) is 23.4. The van der Waals surface area contributed by atoms with E-state index in [4.69, 9.17) is 4.74 Å². The lowest BCUT2D eigenvalue weighted by Gasteiger charge is -2.42. The van der Waals surface area contributed by atoms with Gasteiger partial charge in [-0.05, 0) is 61.6 Å². The zero-order valence-corrected chi connectivity index (χ0v) is 17.1. The summed E-state index contributed by atoms with van der Waals surface area (Å²) in [5.74, 6) is -0.421. The van der Waals surface area contributed by atoms with Gasteiger partial charge in [0.2, 0.25) is 0 Å². The van der Waals surface area contributed by atoms with Crippen molar-refractivity contribution in [2.45, 2.75) is 44.8 Å². The molecule has 0 aliphatic carbocycles. The molecule has 0 aromatic heterocycles. The molecule has 1 unspecified atom stereocenters. The fourth-order valence-electron chi connectivity index (χ4n) is 4.42. The van der Waals surface area contributed by atoms with Crippen molar-refractivity contribution in [2.24, 2.45) is 0 Å². The summed E-state index contributed by atoms with van der Waals surface area (Å²) < 4.78 is 19.8. The number of carbonyl (C=O) groups is 1. The number of anilines is 1. The summed E-state index contributed by atoms with van der Waals surface area (Å²) in [5, 5.41) is 0. The standard InChI is InChI=1S/C24H29FN2O2/c1-2-19-7-9-20(10-8-19)16-26-13-4-11-24(12-14-26)18-27(23(28)17-29-24)22-6-3-5-21(25)15-22/h3,5-10,15H,2,4,11-14,16-18H2,1H3. The number of halogens is 1. The van der Waals surface area contributed by atoms with E-state index in [2.05, 4.69) is 36.1 Å². The summed E-state index contributed by atoms with van der Waals surface area (Å²) in [6, 6.07) is 15.1. The molecule has 2 aromatic carbocycles. The molecule has 2 aromatic rings. The summed E-state index contributed by atoms with van der Waals surface area (Å²) in [6.07, 6.45) is 3.87. The number of amides is 1. The largest absolute Gasteiger partial charge is 0.363 e. The Labute approximate surface area is 172 Å². The highest BCUT2D eigenvalue weighted by Crippen LogP contribution is 2.33. The SMILES string of the molecule is CCc1ccc(CN2CCCC3(CC2)CN(c2cccc(F)c2)C(=O)CO3)cc1. The molecule has 2 aliphatic heterocycles. The van der Waals surface area contributed by atoms with Crippen LogP contribution in [0.5, 0.6) is 0 Å². The highest BCUT2D eigenvalue weighted by molar-refractivity contribution is 5.95. The lowest BCUT2D eigenvalue weighted by molar-refractivity contribution is -0.140. The molecule has 0 N–H and O–H groups in total. The maximum Gasteiger partial charge on any atom is 0.253 e. The third-order valence-electron chi connectivity index (χ3n) is 6.20. The zero-order valence-electron chi connectivity index (χ0n) is 17.1. The first-order chi connectivity index (χ1) is 14.1. The van der Waals surface area contributed by atoms with Gasteiger partial charge in [0.1, 0.15) is 12.4 Å². The Morgan fingerprint density at radius 3 is 2.62 bits per heavy atom. The second-order valence-electron chi connectivity index (χ2n) is 8.23. The van der Waals surface area contributed by atoms with Crippen LogP contribution in [0.1, 0.15) is 37.3 Å². The zero-order chi connectivity index (χ0) is 20.3. The van der Waals surface area contributed by atoms with Crippen LogP contribution in [0.2, 0.25) is 0 Å². The van der Waals surface area contributed by atoms with E-state index < -0.39 is 0 Å². The number of aryl methyl sites for hydroxylation is 1. The smallest absolute Gasteiger partial charge is 0.253 e. The Hall–Kier alpha value is -2.24. The molecule has 2 saturated heterocycles. The molecular formula is C24H29FN2O2. The molecule has 5 heteroatoms. The van der Waals surface area contributed by atoms with Crippen molar-refractivity contribution in [2.75, 3.05) is 31.1 Å². The lowest BCUT2D eigenvalue weighted by Crippen LogP contribution is -2.55. The van der Waals surface area contributed by atoms with Gasteiger partial charge in [-0.1, -0.05) is 37.3 Å². The third kappa shape index (κ3) is 4.68. The van der Waals surface area contributed by atoms with E-state index >= 15 is 0 Å². The van der Waals surface area contributed by atoms with Gasteiger partial charge in [0.05, 0.1) is 12.1 Å². The summed E-state index contributed by atoms with van der Waals surface area (Å²) in [5.41, 5.74) is 2.97. The topological polar surface area (TPSA) is 32.8 Å². The maximum absolute atomic E-state index is 13.7. The van der Waals surface area contributed by atoms with E-state index in [-0.39, 0.29) is 23.9 Å². The second-order valence-corrected chi connectivity index (χ2v) is 8.23. The predicted octanol–water partition coefficient (Wildman–Crippen LogP) is 4.18. The molecule has 29 heavy (non-hydrogen) atoms. The maximum atomic E-state index is 13.7. The molecule has 1 spiro atoms. The van der Waals surface area contributed by atoms with Crippen molar-refractivity contribution in [3.8, 4) is 0 Å². The Morgan fingerprint density at radius 2 is 1.86 bits per heavy atom. The Balaban J connectivity index is 1.43. The number of benzene rings is 2. The molecule has 2 heterocycles. The van der Waals surface area contributed by atoms with Crippen molar-refractivity contribution in [1.82, 2.24) is 4.90 Å². The average molecular weight is 397 g/mol. The Bertz CT molecular complexity index is 854. The van der Waals surface area contributed by atoms with Gasteiger partial charge in [0.15, 0.2) is 0 Å². The molecule has 4 nitrogen and oxygen atoms in total. The number of hydrogen-bond acceptors (Lipinski definition) is 3. The van der Waals surface area contributed by atoms with Crippen molar-refractivity contribution < 1.29 is 13.9 Å². The van der Waals surface area contributed by atoms with Gasteiger partial charge in [-0.2, -0.15) is 0 Å². The minimum absolute atomic E-state index is 0.0645. The van der Waals surface area contributed by atoms with Gasteiger partial charge >= 0.3 is 0 Å². The van der Waals surface area contributed by atoms with E-state index in [1.54, 1.807) is 17.0 Å². The molecule has 4 rings (SSSR count). The third-order valence-corrected chi connectivity index (χ3v) is 6.20. The number of ether oxygens (including phenoxy) is 1. The van der Waals surface area contributed by atoms with Crippen LogP contribution < -0.4 is 4.90 Å². The van der Waals surface area contributed by atoms with Gasteiger partial charge in [-0.3, -0.25) is 9.69 Å². The quantitative estimate of drug-likeness (QED) is 0.777. The average Bonchev–Trinajstić information content (AvgIpc) is 2.93. The van der Waals surface area contributed by atoms with Crippen LogP contribution in [-0.4, -0.2) is 42.6 Å². The molecule has 1 amide bonds. The molecule has 1 atom stereocenters. The van der Waals surface area contributed by atoms with Crippen LogP contribution >= 0.6 is 0 Å². The van der Waals surface area contributed by atoms with Gasteiger partial charge in [-0.25, -0.2) is 4.39 Å². The van der Waals surface area contributed by atoms with Gasteiger partial charge in [0, 0.05) is 18.8 Å². The number of rotatable bonds is 4. The molecule has 0 bridgehead atoms. The van der Waals surface area contributed by atoms with E-state index in [1.165, 1.54) is 23.3 Å². The summed E-state index contributed by atoms with van der Waals surface area (Å²) >= 11 is 0. The van der Waals surface area contributed by atoms with Crippen LogP contribution in [0.3, 0.4) is 0 Å². The predicted molar refractivity (Wildman–Crippen MR) is 112 cm³/mol. The Morgan fingerprint density at radius 1 is 1.07 bits per heavy atom. The van der Waals surface area contributed by atoms with E-state index in [0.717, 1.165) is 45.3 Å². The summed E-state index contributed by atoms with van der Waals surface area (Å²) in [4.78, 5) is 16.6. The molecule has 154 valence electrons. The van der Waals surface area contributed by atoms with Gasteiger partial charge < -0.3 is 9.64 Å². The van der Waals surface area contributed by atoms with Gasteiger partial charge in [0.25, 0.3) is 5.91 Å². The summed E-state index contributed by atoms with van der Waals surface area (Å²) in [6.45, 7) is 5.62. The first-order valence-electron chi connectivity index (χ1n) is 10.6. The summed E-state index contributed by atoms with van der Waals surface area (Å²) in [7, 11) is 0. The molecule has 0 saturated carbocycles. The van der Waals surface area contributed by atoms with Crippen LogP contribution in [0, 0.1) is 5.82 Å². The number of likely N-dealkylation sites (tertiary alicyclic amines) is 1. The second kappa shape index (κ2) is 8.64. The Kier molecular flexibility index (Phi) is 5.97. The first-order valence-corrected chi connectivity index (χ1v) is 10.6. The van der Waals surface area contributed by atoms with E-state index in [0.29, 0.717) is 12.2 Å². The lowest BCUT2D eigenvalue weighted by atomic mass is 9.92. The number of hydrogen-bond donors (Lipinski definition) is 0. The molecule has 2 fully saturated rings. The highest BCUT2D eigenvalue weighted by atomic mass is 19.1. The fraction of sp³-hybridized carbons (Fsp3) is 0.458.